The Bertz CT molecular complexity index is 1160. The van der Waals surface area contributed by atoms with Crippen LogP contribution in [0.25, 0.3) is 0 Å². The maximum atomic E-state index is 14.3. The number of rotatable bonds is 5. The number of amides is 1. The van der Waals surface area contributed by atoms with E-state index in [1.54, 1.807) is 0 Å². The van der Waals surface area contributed by atoms with Crippen molar-refractivity contribution in [1.29, 1.82) is 5.26 Å². The summed E-state index contributed by atoms with van der Waals surface area (Å²) in [4.78, 5) is 38.6. The Balaban J connectivity index is 1.47. The van der Waals surface area contributed by atoms with Gasteiger partial charge in [-0.15, -0.1) is 0 Å². The molecule has 0 spiro atoms. The fourth-order valence-corrected chi connectivity index (χ4v) is 9.75. The van der Waals surface area contributed by atoms with E-state index in [2.05, 4.69) is 39.1 Å². The van der Waals surface area contributed by atoms with Gasteiger partial charge in [0, 0.05) is 24.3 Å². The van der Waals surface area contributed by atoms with Crippen LogP contribution in [-0.2, 0) is 14.3 Å². The highest BCUT2D eigenvalue weighted by molar-refractivity contribution is 6.01. The zero-order valence-electron chi connectivity index (χ0n) is 24.5. The van der Waals surface area contributed by atoms with Gasteiger partial charge < -0.3 is 10.1 Å². The Morgan fingerprint density at radius 2 is 1.87 bits per heavy atom. The average molecular weight is 535 g/mol. The number of carbonyl (C=O) groups is 3. The molecule has 0 bridgehead atoms. The van der Waals surface area contributed by atoms with Gasteiger partial charge in [-0.1, -0.05) is 39.3 Å². The lowest BCUT2D eigenvalue weighted by Gasteiger charge is -2.64. The van der Waals surface area contributed by atoms with Gasteiger partial charge in [0.25, 0.3) is 0 Å². The number of hydrogen-bond donors (Lipinski definition) is 1. The SMILES string of the molecule is CCNC(=O)OCCCC12CCC3C(C(=O)C=C4C5(C)C=C(C#N)C(=O)CC5CCC43C)C1CC(C)(C)CC2. The largest absolute Gasteiger partial charge is 0.450 e. The highest BCUT2D eigenvalue weighted by Crippen LogP contribution is 2.69. The summed E-state index contributed by atoms with van der Waals surface area (Å²) in [6.45, 7) is 12.1. The minimum Gasteiger partial charge on any atom is -0.450 e. The number of ether oxygens (including phenoxy) is 1. The number of fused-ring (bicyclic) bond motifs is 7. The lowest BCUT2D eigenvalue weighted by molar-refractivity contribution is -0.147. The van der Waals surface area contributed by atoms with E-state index in [0.717, 1.165) is 51.4 Å². The first-order valence-electron chi connectivity index (χ1n) is 15.2. The Hall–Kier alpha value is -2.42. The van der Waals surface area contributed by atoms with Crippen LogP contribution < -0.4 is 5.32 Å². The fraction of sp³-hybridized carbons (Fsp3) is 0.758. The predicted octanol–water partition coefficient (Wildman–Crippen LogP) is 6.71. The molecule has 0 aromatic carbocycles. The summed E-state index contributed by atoms with van der Waals surface area (Å²) in [7, 11) is 0. The first kappa shape index (κ1) is 28.1. The quantitative estimate of drug-likeness (QED) is 0.396. The van der Waals surface area contributed by atoms with Crippen LogP contribution in [0.3, 0.4) is 0 Å². The Morgan fingerprint density at radius 1 is 1.10 bits per heavy atom. The van der Waals surface area contributed by atoms with E-state index in [-0.39, 0.29) is 57.2 Å². The summed E-state index contributed by atoms with van der Waals surface area (Å²) >= 11 is 0. The van der Waals surface area contributed by atoms with Gasteiger partial charge in [-0.05, 0) is 105 Å². The molecule has 3 fully saturated rings. The van der Waals surface area contributed by atoms with Gasteiger partial charge in [0.1, 0.15) is 6.07 Å². The third-order valence-electron chi connectivity index (χ3n) is 11.8. The molecule has 0 heterocycles. The van der Waals surface area contributed by atoms with Gasteiger partial charge in [-0.3, -0.25) is 9.59 Å². The van der Waals surface area contributed by atoms with Crippen LogP contribution in [-0.4, -0.2) is 30.8 Å². The first-order chi connectivity index (χ1) is 18.4. The third kappa shape index (κ3) is 4.58. The summed E-state index contributed by atoms with van der Waals surface area (Å²) in [5.41, 5.74) is 1.25. The minimum absolute atomic E-state index is 0.0150. The highest BCUT2D eigenvalue weighted by Gasteiger charge is 2.63. The lowest BCUT2D eigenvalue weighted by atomic mass is 9.39. The molecular weight excluding hydrogens is 488 g/mol. The monoisotopic (exact) mass is 534 g/mol. The van der Waals surface area contributed by atoms with Gasteiger partial charge in [0.05, 0.1) is 12.2 Å². The molecule has 5 aliphatic rings. The van der Waals surface area contributed by atoms with E-state index in [4.69, 9.17) is 4.74 Å². The number of allylic oxidation sites excluding steroid dienone is 4. The molecule has 0 aromatic rings. The van der Waals surface area contributed by atoms with Gasteiger partial charge in [-0.2, -0.15) is 5.26 Å². The highest BCUT2D eigenvalue weighted by atomic mass is 16.5. The number of hydrogen-bond acceptors (Lipinski definition) is 5. The van der Waals surface area contributed by atoms with Crippen molar-refractivity contribution in [1.82, 2.24) is 5.32 Å². The van der Waals surface area contributed by atoms with Crippen molar-refractivity contribution in [3.8, 4) is 6.07 Å². The molecule has 6 nitrogen and oxygen atoms in total. The third-order valence-corrected chi connectivity index (χ3v) is 11.8. The number of nitrogens with zero attached hydrogens (tertiary/aromatic N) is 1. The molecule has 6 heteroatoms. The molecule has 0 aromatic heterocycles. The molecule has 1 N–H and O–H groups in total. The van der Waals surface area contributed by atoms with Gasteiger partial charge in [0.15, 0.2) is 11.6 Å². The molecule has 7 unspecified atom stereocenters. The van der Waals surface area contributed by atoms with Crippen LogP contribution in [0, 0.1) is 56.7 Å². The smallest absolute Gasteiger partial charge is 0.407 e. The van der Waals surface area contributed by atoms with E-state index < -0.39 is 5.41 Å². The topological polar surface area (TPSA) is 96.3 Å². The van der Waals surface area contributed by atoms with Gasteiger partial charge in [-0.25, -0.2) is 4.79 Å². The Kier molecular flexibility index (Phi) is 7.13. The number of Topliss-reactive ketones (excluding diaryl/α,β-unsaturated/α-hetero) is 1. The van der Waals surface area contributed by atoms with Crippen molar-refractivity contribution in [3.63, 3.8) is 0 Å². The van der Waals surface area contributed by atoms with Crippen molar-refractivity contribution in [3.05, 3.63) is 23.3 Å². The van der Waals surface area contributed by atoms with E-state index in [0.29, 0.717) is 25.5 Å². The van der Waals surface area contributed by atoms with E-state index in [1.165, 1.54) is 12.0 Å². The second-order valence-corrected chi connectivity index (χ2v) is 14.5. The second kappa shape index (κ2) is 9.89. The summed E-state index contributed by atoms with van der Waals surface area (Å²) in [6, 6.07) is 2.14. The average Bonchev–Trinajstić information content (AvgIpc) is 2.88. The number of alkyl carbamates (subject to hydrolysis) is 1. The molecule has 5 rings (SSSR count). The maximum absolute atomic E-state index is 14.3. The molecule has 3 saturated carbocycles. The lowest BCUT2D eigenvalue weighted by Crippen LogP contribution is -2.59. The second-order valence-electron chi connectivity index (χ2n) is 14.5. The van der Waals surface area contributed by atoms with Crippen molar-refractivity contribution in [2.24, 2.45) is 45.3 Å². The number of nitriles is 1. The van der Waals surface area contributed by atoms with Crippen molar-refractivity contribution in [2.75, 3.05) is 13.2 Å². The maximum Gasteiger partial charge on any atom is 0.407 e. The minimum atomic E-state index is -0.413. The van der Waals surface area contributed by atoms with Crippen LogP contribution in [0.5, 0.6) is 0 Å². The predicted molar refractivity (Wildman–Crippen MR) is 149 cm³/mol. The van der Waals surface area contributed by atoms with E-state index in [9.17, 15) is 19.6 Å². The normalized spacial score (nSPS) is 40.5. The number of ketones is 2. The van der Waals surface area contributed by atoms with E-state index >= 15 is 0 Å². The Labute approximate surface area is 234 Å². The van der Waals surface area contributed by atoms with E-state index in [1.807, 2.05) is 19.1 Å². The van der Waals surface area contributed by atoms with Crippen molar-refractivity contribution >= 4 is 17.7 Å². The number of nitrogens with one attached hydrogen (secondary N) is 1. The summed E-state index contributed by atoms with van der Waals surface area (Å²) in [5.74, 6) is 1.01. The molecule has 1 amide bonds. The van der Waals surface area contributed by atoms with Crippen LogP contribution in [0.2, 0.25) is 0 Å². The molecular formula is C33H46N2O4. The molecule has 7 atom stereocenters. The first-order valence-corrected chi connectivity index (χ1v) is 15.2. The summed E-state index contributed by atoms with van der Waals surface area (Å²) in [6.07, 6.45) is 13.2. The molecule has 39 heavy (non-hydrogen) atoms. The molecule has 0 saturated heterocycles. The fourth-order valence-electron chi connectivity index (χ4n) is 9.75. The van der Waals surface area contributed by atoms with Crippen LogP contribution in [0.4, 0.5) is 4.79 Å². The summed E-state index contributed by atoms with van der Waals surface area (Å²) in [5, 5.41) is 12.4. The van der Waals surface area contributed by atoms with Crippen LogP contribution in [0.15, 0.2) is 23.3 Å². The molecule has 0 aliphatic heterocycles. The Morgan fingerprint density at radius 3 is 2.59 bits per heavy atom. The molecule has 212 valence electrons. The van der Waals surface area contributed by atoms with Gasteiger partial charge >= 0.3 is 6.09 Å². The van der Waals surface area contributed by atoms with Crippen LogP contribution in [0.1, 0.15) is 98.8 Å². The zero-order valence-corrected chi connectivity index (χ0v) is 24.5. The standard InChI is InChI=1S/C33H46N2O4/c1-6-35-29(38)39-15-7-10-33-12-9-23-28(24(33)19-30(2,3)13-14-33)26(37)17-27-31(23,4)11-8-22-16-25(36)21(20-34)18-32(22,27)5/h17-18,22-24,28H,6-16,19H2,1-5H3,(H,35,38). The van der Waals surface area contributed by atoms with Crippen molar-refractivity contribution in [2.45, 2.75) is 98.8 Å². The summed E-state index contributed by atoms with van der Waals surface area (Å²) < 4.78 is 5.41. The zero-order chi connectivity index (χ0) is 28.2. The molecule has 0 radical (unpaired) electrons. The van der Waals surface area contributed by atoms with Gasteiger partial charge in [0.2, 0.25) is 0 Å². The molecule has 5 aliphatic carbocycles. The number of carbonyl (C=O) groups excluding carboxylic acids is 3. The van der Waals surface area contributed by atoms with Crippen molar-refractivity contribution < 1.29 is 19.1 Å². The van der Waals surface area contributed by atoms with Crippen LogP contribution >= 0.6 is 0 Å².